The number of fused-ring (bicyclic) bond motifs is 1. The lowest BCUT2D eigenvalue weighted by molar-refractivity contribution is 0.0698. The first-order valence-corrected chi connectivity index (χ1v) is 6.07. The zero-order chi connectivity index (χ0) is 14.4. The van der Waals surface area contributed by atoms with E-state index >= 15 is 0 Å². The van der Waals surface area contributed by atoms with Crippen LogP contribution in [0.3, 0.4) is 0 Å². The first-order valence-electron chi connectivity index (χ1n) is 6.07. The second-order valence-electron chi connectivity index (χ2n) is 5.79. The van der Waals surface area contributed by atoms with Crippen molar-refractivity contribution in [2.75, 3.05) is 0 Å². The van der Waals surface area contributed by atoms with Crippen molar-refractivity contribution in [1.29, 1.82) is 0 Å². The molecule has 0 saturated heterocycles. The van der Waals surface area contributed by atoms with Gasteiger partial charge in [0.2, 0.25) is 0 Å². The Kier molecular flexibility index (Phi) is 2.97. The van der Waals surface area contributed by atoms with Crippen LogP contribution in [0.25, 0.3) is 10.9 Å². The molecule has 0 unspecified atom stereocenters. The van der Waals surface area contributed by atoms with Gasteiger partial charge in [-0.2, -0.15) is 0 Å². The number of carbonyl (C=O) groups is 2. The van der Waals surface area contributed by atoms with Gasteiger partial charge in [-0.1, -0.05) is 20.8 Å². The van der Waals surface area contributed by atoms with Gasteiger partial charge in [0.25, 0.3) is 0 Å². The number of aryl methyl sites for hydroxylation is 1. The SMILES string of the molecule is Cn1cc(C=O)c2cc(C(C)(C)C)cc(C(=O)O)c21. The molecule has 4 nitrogen and oxygen atoms in total. The van der Waals surface area contributed by atoms with Crippen LogP contribution in [-0.2, 0) is 12.5 Å². The minimum Gasteiger partial charge on any atom is -0.478 e. The monoisotopic (exact) mass is 259 g/mol. The van der Waals surface area contributed by atoms with Crippen LogP contribution in [0, 0.1) is 0 Å². The van der Waals surface area contributed by atoms with E-state index < -0.39 is 5.97 Å². The minimum atomic E-state index is -0.977. The number of carbonyl (C=O) groups excluding carboxylic acids is 1. The van der Waals surface area contributed by atoms with E-state index in [2.05, 4.69) is 0 Å². The maximum atomic E-state index is 11.4. The Morgan fingerprint density at radius 1 is 1.32 bits per heavy atom. The fraction of sp³-hybridized carbons (Fsp3) is 0.333. The van der Waals surface area contributed by atoms with E-state index in [0.29, 0.717) is 16.5 Å². The van der Waals surface area contributed by atoms with Crippen molar-refractivity contribution < 1.29 is 14.7 Å². The van der Waals surface area contributed by atoms with Crippen LogP contribution in [0.1, 0.15) is 47.1 Å². The predicted molar refractivity (Wildman–Crippen MR) is 74.0 cm³/mol. The van der Waals surface area contributed by atoms with Crippen LogP contribution in [0.15, 0.2) is 18.3 Å². The molecule has 1 aromatic carbocycles. The van der Waals surface area contributed by atoms with Crippen LogP contribution < -0.4 is 0 Å². The third-order valence-corrected chi connectivity index (χ3v) is 3.33. The molecule has 0 amide bonds. The molecule has 0 aliphatic carbocycles. The molecule has 0 aliphatic heterocycles. The summed E-state index contributed by atoms with van der Waals surface area (Å²) < 4.78 is 1.69. The second-order valence-corrected chi connectivity index (χ2v) is 5.79. The molecule has 0 saturated carbocycles. The Hall–Kier alpha value is -2.10. The molecular formula is C15H17NO3. The Morgan fingerprint density at radius 3 is 2.42 bits per heavy atom. The standard InChI is InChI=1S/C15H17NO3/c1-15(2,3)10-5-11-9(8-17)7-16(4)13(11)12(6-10)14(18)19/h5-8H,1-4H3,(H,18,19). The average Bonchev–Trinajstić information content (AvgIpc) is 2.64. The fourth-order valence-corrected chi connectivity index (χ4v) is 2.27. The fourth-order valence-electron chi connectivity index (χ4n) is 2.27. The van der Waals surface area contributed by atoms with E-state index in [-0.39, 0.29) is 11.0 Å². The van der Waals surface area contributed by atoms with Gasteiger partial charge in [0, 0.05) is 24.2 Å². The molecule has 1 heterocycles. The Morgan fingerprint density at radius 2 is 1.95 bits per heavy atom. The number of hydrogen-bond acceptors (Lipinski definition) is 2. The molecule has 0 atom stereocenters. The normalized spacial score (nSPS) is 11.8. The summed E-state index contributed by atoms with van der Waals surface area (Å²) in [6.45, 7) is 6.05. The van der Waals surface area contributed by atoms with Gasteiger partial charge in [-0.3, -0.25) is 4.79 Å². The molecule has 0 spiro atoms. The molecule has 2 aromatic rings. The van der Waals surface area contributed by atoms with Crippen molar-refractivity contribution in [3.05, 3.63) is 35.0 Å². The van der Waals surface area contributed by atoms with Crippen LogP contribution in [0.4, 0.5) is 0 Å². The highest BCUT2D eigenvalue weighted by molar-refractivity contribution is 6.07. The van der Waals surface area contributed by atoms with Gasteiger partial charge in [-0.05, 0) is 23.1 Å². The van der Waals surface area contributed by atoms with Crippen molar-refractivity contribution in [2.45, 2.75) is 26.2 Å². The molecule has 1 N–H and O–H groups in total. The zero-order valence-electron chi connectivity index (χ0n) is 11.5. The summed E-state index contributed by atoms with van der Waals surface area (Å²) in [5.74, 6) is -0.977. The topological polar surface area (TPSA) is 59.3 Å². The number of nitrogens with zero attached hydrogens (tertiary/aromatic N) is 1. The van der Waals surface area contributed by atoms with E-state index in [9.17, 15) is 14.7 Å². The number of aldehydes is 1. The van der Waals surface area contributed by atoms with E-state index in [1.807, 2.05) is 26.8 Å². The van der Waals surface area contributed by atoms with Crippen LogP contribution >= 0.6 is 0 Å². The van der Waals surface area contributed by atoms with Gasteiger partial charge in [-0.15, -0.1) is 0 Å². The average molecular weight is 259 g/mol. The summed E-state index contributed by atoms with van der Waals surface area (Å²) in [4.78, 5) is 22.6. The summed E-state index contributed by atoms with van der Waals surface area (Å²) in [5.41, 5.74) is 2.08. The van der Waals surface area contributed by atoms with Crippen LogP contribution in [-0.4, -0.2) is 21.9 Å². The van der Waals surface area contributed by atoms with Crippen LogP contribution in [0.5, 0.6) is 0 Å². The van der Waals surface area contributed by atoms with Gasteiger partial charge in [0.05, 0.1) is 11.1 Å². The van der Waals surface area contributed by atoms with Crippen molar-refractivity contribution in [3.63, 3.8) is 0 Å². The van der Waals surface area contributed by atoms with Crippen molar-refractivity contribution in [1.82, 2.24) is 4.57 Å². The Bertz CT molecular complexity index is 675. The maximum Gasteiger partial charge on any atom is 0.337 e. The molecule has 1 aromatic heterocycles. The highest BCUT2D eigenvalue weighted by atomic mass is 16.4. The molecular weight excluding hydrogens is 242 g/mol. The second kappa shape index (κ2) is 4.23. The number of carboxylic acids is 1. The lowest BCUT2D eigenvalue weighted by Gasteiger charge is -2.20. The summed E-state index contributed by atoms with van der Waals surface area (Å²) >= 11 is 0. The van der Waals surface area contributed by atoms with Gasteiger partial charge in [0.15, 0.2) is 6.29 Å². The van der Waals surface area contributed by atoms with Crippen molar-refractivity contribution >= 4 is 23.2 Å². The highest BCUT2D eigenvalue weighted by Gasteiger charge is 2.21. The van der Waals surface area contributed by atoms with Gasteiger partial charge in [-0.25, -0.2) is 4.79 Å². The smallest absolute Gasteiger partial charge is 0.337 e. The Balaban J connectivity index is 2.93. The predicted octanol–water partition coefficient (Wildman–Crippen LogP) is 2.99. The van der Waals surface area contributed by atoms with E-state index in [1.165, 1.54) is 0 Å². The molecule has 4 heteroatoms. The zero-order valence-corrected chi connectivity index (χ0v) is 11.5. The van der Waals surface area contributed by atoms with E-state index in [4.69, 9.17) is 0 Å². The third kappa shape index (κ3) is 2.14. The molecule has 0 radical (unpaired) electrons. The first-order chi connectivity index (χ1) is 8.75. The number of aromatic nitrogens is 1. The molecule has 19 heavy (non-hydrogen) atoms. The maximum absolute atomic E-state index is 11.4. The van der Waals surface area contributed by atoms with Gasteiger partial charge >= 0.3 is 5.97 Å². The summed E-state index contributed by atoms with van der Waals surface area (Å²) in [7, 11) is 1.75. The number of aromatic carboxylic acids is 1. The van der Waals surface area contributed by atoms with E-state index in [1.54, 1.807) is 23.9 Å². The minimum absolute atomic E-state index is 0.172. The number of carboxylic acid groups (broad SMARTS) is 1. The van der Waals surface area contributed by atoms with Gasteiger partial charge in [0.1, 0.15) is 0 Å². The number of hydrogen-bond donors (Lipinski definition) is 1. The summed E-state index contributed by atoms with van der Waals surface area (Å²) in [6, 6.07) is 3.60. The molecule has 100 valence electrons. The molecule has 0 fully saturated rings. The lowest BCUT2D eigenvalue weighted by Crippen LogP contribution is -2.13. The van der Waals surface area contributed by atoms with Crippen LogP contribution in [0.2, 0.25) is 0 Å². The van der Waals surface area contributed by atoms with Crippen molar-refractivity contribution in [2.24, 2.45) is 7.05 Å². The first kappa shape index (κ1) is 13.3. The summed E-state index contributed by atoms with van der Waals surface area (Å²) in [6.07, 6.45) is 2.43. The van der Waals surface area contributed by atoms with Crippen molar-refractivity contribution in [3.8, 4) is 0 Å². The molecule has 2 rings (SSSR count). The van der Waals surface area contributed by atoms with Gasteiger partial charge < -0.3 is 9.67 Å². The largest absolute Gasteiger partial charge is 0.478 e. The number of rotatable bonds is 2. The molecule has 0 aliphatic rings. The third-order valence-electron chi connectivity index (χ3n) is 3.33. The summed E-state index contributed by atoms with van der Waals surface area (Å²) in [5, 5.41) is 10.1. The molecule has 0 bridgehead atoms. The lowest BCUT2D eigenvalue weighted by atomic mass is 9.85. The number of benzene rings is 1. The Labute approximate surface area is 111 Å². The quantitative estimate of drug-likeness (QED) is 0.843. The highest BCUT2D eigenvalue weighted by Crippen LogP contribution is 2.31. The van der Waals surface area contributed by atoms with E-state index in [0.717, 1.165) is 11.8 Å².